The van der Waals surface area contributed by atoms with Crippen molar-refractivity contribution in [2.45, 2.75) is 0 Å². The van der Waals surface area contributed by atoms with Gasteiger partial charge in [0.05, 0.1) is 11.9 Å². The van der Waals surface area contributed by atoms with Crippen molar-refractivity contribution in [3.05, 3.63) is 96.5 Å². The summed E-state index contributed by atoms with van der Waals surface area (Å²) < 4.78 is 30.4. The first-order chi connectivity index (χ1) is 15.6. The van der Waals surface area contributed by atoms with Gasteiger partial charge in [0.25, 0.3) is 5.91 Å². The highest BCUT2D eigenvalue weighted by atomic mass is 19.1. The van der Waals surface area contributed by atoms with Crippen LogP contribution in [-0.4, -0.2) is 51.3 Å². The minimum atomic E-state index is -0.374. The normalized spacial score (nSPS) is 14.1. The van der Waals surface area contributed by atoms with Crippen LogP contribution < -0.4 is 4.90 Å². The van der Waals surface area contributed by atoms with Crippen molar-refractivity contribution < 1.29 is 13.6 Å². The lowest BCUT2D eigenvalue weighted by Gasteiger charge is -2.36. The Labute approximate surface area is 183 Å². The van der Waals surface area contributed by atoms with Gasteiger partial charge in [-0.15, -0.1) is 0 Å². The van der Waals surface area contributed by atoms with E-state index in [-0.39, 0.29) is 17.5 Å². The molecule has 6 nitrogen and oxygen atoms in total. The maximum Gasteiger partial charge on any atom is 0.259 e. The smallest absolute Gasteiger partial charge is 0.259 e. The predicted octanol–water partition coefficient (Wildman–Crippen LogP) is 3.90. The molecule has 0 atom stereocenters. The Morgan fingerprint density at radius 1 is 0.812 bits per heavy atom. The Kier molecular flexibility index (Phi) is 5.18. The number of hydrogen-bond acceptors (Lipinski definition) is 3. The van der Waals surface area contributed by atoms with Gasteiger partial charge >= 0.3 is 0 Å². The van der Waals surface area contributed by atoms with Crippen molar-refractivity contribution in [3.63, 3.8) is 0 Å². The molecule has 1 aliphatic rings. The molecule has 2 aromatic heterocycles. The molecule has 1 fully saturated rings. The molecule has 4 aromatic rings. The van der Waals surface area contributed by atoms with E-state index in [0.29, 0.717) is 43.2 Å². The molecule has 1 saturated heterocycles. The molecule has 0 radical (unpaired) electrons. The van der Waals surface area contributed by atoms with Crippen molar-refractivity contribution in [1.29, 1.82) is 0 Å². The third-order valence-corrected chi connectivity index (χ3v) is 5.63. The van der Waals surface area contributed by atoms with Crippen LogP contribution in [0.3, 0.4) is 0 Å². The van der Waals surface area contributed by atoms with Gasteiger partial charge in [-0.1, -0.05) is 6.07 Å². The Morgan fingerprint density at radius 2 is 1.53 bits per heavy atom. The van der Waals surface area contributed by atoms with Gasteiger partial charge in [-0.25, -0.2) is 13.5 Å². The second kappa shape index (κ2) is 8.30. The number of piperazine rings is 1. The number of hydrogen-bond donors (Lipinski definition) is 0. The summed E-state index contributed by atoms with van der Waals surface area (Å²) in [6.45, 7) is 2.36. The summed E-state index contributed by atoms with van der Waals surface area (Å²) in [4.78, 5) is 17.4. The van der Waals surface area contributed by atoms with Crippen LogP contribution in [0.15, 0.2) is 79.3 Å². The van der Waals surface area contributed by atoms with Gasteiger partial charge < -0.3 is 14.4 Å². The molecule has 1 aliphatic heterocycles. The second-order valence-corrected chi connectivity index (χ2v) is 7.62. The third kappa shape index (κ3) is 3.75. The summed E-state index contributed by atoms with van der Waals surface area (Å²) in [5, 5.41) is 4.41. The first-order valence-corrected chi connectivity index (χ1v) is 10.4. The summed E-state index contributed by atoms with van der Waals surface area (Å²) >= 11 is 0. The highest BCUT2D eigenvalue weighted by molar-refractivity contribution is 5.97. The zero-order valence-electron chi connectivity index (χ0n) is 17.2. The zero-order valence-corrected chi connectivity index (χ0v) is 17.2. The number of aromatic nitrogens is 3. The number of benzene rings is 2. The first kappa shape index (κ1) is 20.0. The first-order valence-electron chi connectivity index (χ1n) is 10.4. The number of anilines is 1. The largest absolute Gasteiger partial charge is 0.368 e. The van der Waals surface area contributed by atoms with Crippen LogP contribution in [-0.2, 0) is 0 Å². The van der Waals surface area contributed by atoms with Gasteiger partial charge in [0.1, 0.15) is 17.2 Å². The standard InChI is InChI=1S/C24H21F2N5O/c25-18-6-8-20(9-7-18)28-12-14-30(15-13-28)24(32)22-17-27-31(21-5-3-4-19(26)16-21)23(22)29-10-1-2-11-29/h1-11,16-17H,12-15H2. The summed E-state index contributed by atoms with van der Waals surface area (Å²) in [6, 6.07) is 16.2. The lowest BCUT2D eigenvalue weighted by molar-refractivity contribution is 0.0747. The van der Waals surface area contributed by atoms with Crippen LogP contribution in [0.5, 0.6) is 0 Å². The minimum absolute atomic E-state index is 0.130. The zero-order chi connectivity index (χ0) is 22.1. The van der Waals surface area contributed by atoms with Crippen molar-refractivity contribution in [2.75, 3.05) is 31.1 Å². The number of rotatable bonds is 4. The average molecular weight is 433 g/mol. The molecule has 32 heavy (non-hydrogen) atoms. The van der Waals surface area contributed by atoms with Crippen molar-refractivity contribution in [2.24, 2.45) is 0 Å². The van der Waals surface area contributed by atoms with E-state index in [0.717, 1.165) is 5.69 Å². The Bertz CT molecular complexity index is 1230. The SMILES string of the molecule is O=C(c1cnn(-c2cccc(F)c2)c1-n1cccc1)N1CCN(c2ccc(F)cc2)CC1. The van der Waals surface area contributed by atoms with Gasteiger partial charge in [-0.3, -0.25) is 4.79 Å². The van der Waals surface area contributed by atoms with E-state index in [1.807, 2.05) is 24.5 Å². The Morgan fingerprint density at radius 3 is 2.22 bits per heavy atom. The van der Waals surface area contributed by atoms with E-state index in [1.54, 1.807) is 38.4 Å². The highest BCUT2D eigenvalue weighted by Gasteiger charge is 2.27. The summed E-state index contributed by atoms with van der Waals surface area (Å²) in [7, 11) is 0. The van der Waals surface area contributed by atoms with Crippen LogP contribution in [0, 0.1) is 11.6 Å². The van der Waals surface area contributed by atoms with E-state index >= 15 is 0 Å². The monoisotopic (exact) mass is 433 g/mol. The van der Waals surface area contributed by atoms with Crippen LogP contribution >= 0.6 is 0 Å². The third-order valence-electron chi connectivity index (χ3n) is 5.63. The molecule has 8 heteroatoms. The molecule has 0 spiro atoms. The maximum atomic E-state index is 13.8. The van der Waals surface area contributed by atoms with Gasteiger partial charge in [0.2, 0.25) is 0 Å². The van der Waals surface area contributed by atoms with Gasteiger partial charge in [-0.2, -0.15) is 5.10 Å². The highest BCUT2D eigenvalue weighted by Crippen LogP contribution is 2.23. The molecule has 0 aliphatic carbocycles. The number of carbonyl (C=O) groups excluding carboxylic acids is 1. The van der Waals surface area contributed by atoms with E-state index in [2.05, 4.69) is 10.00 Å². The lowest BCUT2D eigenvalue weighted by atomic mass is 10.2. The summed E-state index contributed by atoms with van der Waals surface area (Å²) in [5.41, 5.74) is 1.92. The maximum absolute atomic E-state index is 13.8. The van der Waals surface area contributed by atoms with Crippen molar-refractivity contribution in [3.8, 4) is 11.5 Å². The quantitative estimate of drug-likeness (QED) is 0.490. The molecule has 0 N–H and O–H groups in total. The molecule has 3 heterocycles. The molecule has 1 amide bonds. The van der Waals surface area contributed by atoms with Crippen LogP contribution in [0.25, 0.3) is 11.5 Å². The van der Waals surface area contributed by atoms with Crippen LogP contribution in [0.4, 0.5) is 14.5 Å². The molecule has 5 rings (SSSR count). The lowest BCUT2D eigenvalue weighted by Crippen LogP contribution is -2.48. The molecule has 0 unspecified atom stereocenters. The fourth-order valence-corrected chi connectivity index (χ4v) is 4.00. The second-order valence-electron chi connectivity index (χ2n) is 7.62. The van der Waals surface area contributed by atoms with Crippen molar-refractivity contribution in [1.82, 2.24) is 19.2 Å². The summed E-state index contributed by atoms with van der Waals surface area (Å²) in [6.07, 6.45) is 5.20. The molecular formula is C24H21F2N5O. The predicted molar refractivity (Wildman–Crippen MR) is 117 cm³/mol. The molecule has 0 saturated carbocycles. The van der Waals surface area contributed by atoms with Gasteiger partial charge in [0.15, 0.2) is 5.82 Å². The minimum Gasteiger partial charge on any atom is -0.368 e. The fraction of sp³-hybridized carbons (Fsp3) is 0.167. The van der Waals surface area contributed by atoms with Gasteiger partial charge in [0, 0.05) is 44.3 Å². The number of halogens is 2. The van der Waals surface area contributed by atoms with Crippen LogP contribution in [0.2, 0.25) is 0 Å². The average Bonchev–Trinajstić information content (AvgIpc) is 3.49. The Balaban J connectivity index is 1.41. The van der Waals surface area contributed by atoms with E-state index in [1.165, 1.54) is 30.5 Å². The molecule has 2 aromatic carbocycles. The molecule has 162 valence electrons. The Hall–Kier alpha value is -3.94. The fourth-order valence-electron chi connectivity index (χ4n) is 4.00. The van der Waals surface area contributed by atoms with Crippen LogP contribution in [0.1, 0.15) is 10.4 Å². The number of amides is 1. The van der Waals surface area contributed by atoms with E-state index in [9.17, 15) is 13.6 Å². The summed E-state index contributed by atoms with van der Waals surface area (Å²) in [5.74, 6) is -0.210. The molecular weight excluding hydrogens is 412 g/mol. The topological polar surface area (TPSA) is 46.3 Å². The molecule has 0 bridgehead atoms. The number of carbonyl (C=O) groups is 1. The van der Waals surface area contributed by atoms with Crippen molar-refractivity contribution >= 4 is 11.6 Å². The van der Waals surface area contributed by atoms with Gasteiger partial charge in [-0.05, 0) is 54.6 Å². The number of nitrogens with zero attached hydrogens (tertiary/aromatic N) is 5. The van der Waals surface area contributed by atoms with E-state index in [4.69, 9.17) is 0 Å². The van der Waals surface area contributed by atoms with E-state index < -0.39 is 0 Å².